The Kier molecular flexibility index (Phi) is 6.55. The number of thiazole rings is 1. The van der Waals surface area contributed by atoms with Crippen LogP contribution in [0.3, 0.4) is 0 Å². The van der Waals surface area contributed by atoms with Crippen LogP contribution >= 0.6 is 11.3 Å². The number of hydrogen-bond acceptors (Lipinski definition) is 5. The van der Waals surface area contributed by atoms with Crippen LogP contribution in [0.1, 0.15) is 34.4 Å². The van der Waals surface area contributed by atoms with Gasteiger partial charge in [0.15, 0.2) is 0 Å². The van der Waals surface area contributed by atoms with Gasteiger partial charge in [0, 0.05) is 11.8 Å². The molecule has 2 rings (SSSR count). The van der Waals surface area contributed by atoms with Gasteiger partial charge >= 0.3 is 0 Å². The maximum Gasteiger partial charge on any atom is 0.270 e. The molecule has 0 aliphatic rings. The van der Waals surface area contributed by atoms with Crippen molar-refractivity contribution in [3.63, 3.8) is 0 Å². The third kappa shape index (κ3) is 5.04. The molecule has 5 nitrogen and oxygen atoms in total. The van der Waals surface area contributed by atoms with Crippen molar-refractivity contribution in [3.8, 4) is 5.75 Å². The minimum Gasteiger partial charge on any atom is -0.488 e. The SMILES string of the molecule is CCC(CNC(=O)c1csc(CCN)n1)Oc1ccccc1C. The van der Waals surface area contributed by atoms with Crippen LogP contribution in [0.25, 0.3) is 0 Å². The highest BCUT2D eigenvalue weighted by molar-refractivity contribution is 7.09. The summed E-state index contributed by atoms with van der Waals surface area (Å²) in [6.07, 6.45) is 1.44. The summed E-state index contributed by atoms with van der Waals surface area (Å²) >= 11 is 1.46. The number of benzene rings is 1. The molecule has 0 saturated heterocycles. The average Bonchev–Trinajstić information content (AvgIpc) is 3.02. The Balaban J connectivity index is 1.89. The molecule has 23 heavy (non-hydrogen) atoms. The van der Waals surface area contributed by atoms with Crippen LogP contribution < -0.4 is 15.8 Å². The van der Waals surface area contributed by atoms with Gasteiger partial charge in [0.2, 0.25) is 0 Å². The largest absolute Gasteiger partial charge is 0.488 e. The number of rotatable bonds is 8. The Morgan fingerprint density at radius 2 is 2.22 bits per heavy atom. The number of aromatic nitrogens is 1. The van der Waals surface area contributed by atoms with Crippen molar-refractivity contribution in [2.75, 3.05) is 13.1 Å². The second-order valence-electron chi connectivity index (χ2n) is 5.29. The van der Waals surface area contributed by atoms with Crippen LogP contribution in [0.2, 0.25) is 0 Å². The first-order valence-electron chi connectivity index (χ1n) is 7.79. The van der Waals surface area contributed by atoms with Gasteiger partial charge in [-0.3, -0.25) is 4.79 Å². The first-order valence-corrected chi connectivity index (χ1v) is 8.67. The van der Waals surface area contributed by atoms with Crippen molar-refractivity contribution < 1.29 is 9.53 Å². The summed E-state index contributed by atoms with van der Waals surface area (Å²) in [6.45, 7) is 5.04. The first-order chi connectivity index (χ1) is 11.1. The topological polar surface area (TPSA) is 77.2 Å². The number of nitrogens with one attached hydrogen (secondary N) is 1. The zero-order valence-corrected chi connectivity index (χ0v) is 14.4. The Bertz CT molecular complexity index is 642. The fraction of sp³-hybridized carbons (Fsp3) is 0.412. The van der Waals surface area contributed by atoms with Crippen molar-refractivity contribution in [2.45, 2.75) is 32.8 Å². The van der Waals surface area contributed by atoms with Crippen molar-refractivity contribution in [1.29, 1.82) is 0 Å². The van der Waals surface area contributed by atoms with Gasteiger partial charge in [-0.1, -0.05) is 25.1 Å². The van der Waals surface area contributed by atoms with Crippen LogP contribution in [0.15, 0.2) is 29.6 Å². The van der Waals surface area contributed by atoms with Gasteiger partial charge in [0.1, 0.15) is 17.5 Å². The molecule has 0 radical (unpaired) electrons. The van der Waals surface area contributed by atoms with E-state index in [1.54, 1.807) is 5.38 Å². The van der Waals surface area contributed by atoms with Gasteiger partial charge in [-0.25, -0.2) is 4.98 Å². The number of para-hydroxylation sites is 1. The van der Waals surface area contributed by atoms with Crippen LogP contribution in [-0.4, -0.2) is 30.1 Å². The number of carbonyl (C=O) groups is 1. The molecule has 1 atom stereocenters. The second-order valence-corrected chi connectivity index (χ2v) is 6.23. The summed E-state index contributed by atoms with van der Waals surface area (Å²) in [5.41, 5.74) is 7.03. The summed E-state index contributed by atoms with van der Waals surface area (Å²) in [6, 6.07) is 7.88. The van der Waals surface area contributed by atoms with E-state index in [2.05, 4.69) is 10.3 Å². The zero-order valence-electron chi connectivity index (χ0n) is 13.5. The molecule has 1 aromatic carbocycles. The van der Waals surface area contributed by atoms with E-state index in [1.807, 2.05) is 38.1 Å². The van der Waals surface area contributed by atoms with Crippen LogP contribution in [0.5, 0.6) is 5.75 Å². The first kappa shape index (κ1) is 17.4. The molecule has 124 valence electrons. The maximum absolute atomic E-state index is 12.1. The van der Waals surface area contributed by atoms with E-state index in [1.165, 1.54) is 11.3 Å². The molecular weight excluding hydrogens is 310 g/mol. The predicted molar refractivity (Wildman–Crippen MR) is 93.1 cm³/mol. The molecule has 1 heterocycles. The monoisotopic (exact) mass is 333 g/mol. The lowest BCUT2D eigenvalue weighted by Crippen LogP contribution is -2.35. The van der Waals surface area contributed by atoms with E-state index < -0.39 is 0 Å². The van der Waals surface area contributed by atoms with Gasteiger partial charge in [-0.05, 0) is 31.5 Å². The van der Waals surface area contributed by atoms with Crippen LogP contribution in [0.4, 0.5) is 0 Å². The smallest absolute Gasteiger partial charge is 0.270 e. The molecule has 3 N–H and O–H groups in total. The molecule has 1 amide bonds. The third-order valence-corrected chi connectivity index (χ3v) is 4.38. The third-order valence-electron chi connectivity index (χ3n) is 3.48. The summed E-state index contributed by atoms with van der Waals surface area (Å²) in [7, 11) is 0. The van der Waals surface area contributed by atoms with E-state index in [-0.39, 0.29) is 12.0 Å². The second kappa shape index (κ2) is 8.64. The summed E-state index contributed by atoms with van der Waals surface area (Å²) < 4.78 is 5.98. The minimum absolute atomic E-state index is 0.0674. The Morgan fingerprint density at radius 1 is 1.43 bits per heavy atom. The van der Waals surface area contributed by atoms with Gasteiger partial charge in [0.05, 0.1) is 11.6 Å². The van der Waals surface area contributed by atoms with Crippen molar-refractivity contribution >= 4 is 17.2 Å². The highest BCUT2D eigenvalue weighted by atomic mass is 32.1. The summed E-state index contributed by atoms with van der Waals surface area (Å²) in [5.74, 6) is 0.684. The van der Waals surface area contributed by atoms with E-state index in [0.29, 0.717) is 25.2 Å². The van der Waals surface area contributed by atoms with Gasteiger partial charge in [0.25, 0.3) is 5.91 Å². The molecule has 1 aromatic heterocycles. The van der Waals surface area contributed by atoms with Crippen molar-refractivity contribution in [1.82, 2.24) is 10.3 Å². The number of nitrogens with two attached hydrogens (primary N) is 1. The van der Waals surface area contributed by atoms with Gasteiger partial charge < -0.3 is 15.8 Å². The molecule has 6 heteroatoms. The number of amides is 1. The van der Waals surface area contributed by atoms with Crippen LogP contribution in [-0.2, 0) is 6.42 Å². The van der Waals surface area contributed by atoms with Crippen molar-refractivity contribution in [2.24, 2.45) is 5.73 Å². The van der Waals surface area contributed by atoms with Gasteiger partial charge in [-0.2, -0.15) is 0 Å². The summed E-state index contributed by atoms with van der Waals surface area (Å²) in [5, 5.41) is 5.55. The lowest BCUT2D eigenvalue weighted by Gasteiger charge is -2.19. The highest BCUT2D eigenvalue weighted by Crippen LogP contribution is 2.18. The Hall–Kier alpha value is -1.92. The fourth-order valence-corrected chi connectivity index (χ4v) is 2.88. The Labute approximate surface area is 140 Å². The lowest BCUT2D eigenvalue weighted by atomic mass is 10.2. The predicted octanol–water partition coefficient (Wildman–Crippen LogP) is 2.54. The normalized spacial score (nSPS) is 12.0. The number of aryl methyl sites for hydroxylation is 1. The Morgan fingerprint density at radius 3 is 2.91 bits per heavy atom. The zero-order chi connectivity index (χ0) is 16.7. The standard InChI is InChI=1S/C17H23N3O2S/c1-3-13(22-15-7-5-4-6-12(15)2)10-19-17(21)14-11-23-16(20-14)8-9-18/h4-7,11,13H,3,8-10,18H2,1-2H3,(H,19,21). The summed E-state index contributed by atoms with van der Waals surface area (Å²) in [4.78, 5) is 16.4. The molecule has 1 unspecified atom stereocenters. The molecule has 0 spiro atoms. The molecule has 0 bridgehead atoms. The number of ether oxygens (including phenoxy) is 1. The maximum atomic E-state index is 12.1. The van der Waals surface area contributed by atoms with E-state index in [9.17, 15) is 4.79 Å². The minimum atomic E-state index is -0.170. The molecule has 0 fully saturated rings. The molecule has 0 aliphatic heterocycles. The number of carbonyl (C=O) groups excluding carboxylic acids is 1. The molecule has 0 aliphatic carbocycles. The highest BCUT2D eigenvalue weighted by Gasteiger charge is 2.14. The fourth-order valence-electron chi connectivity index (χ4n) is 2.09. The molecular formula is C17H23N3O2S. The van der Waals surface area contributed by atoms with Crippen molar-refractivity contribution in [3.05, 3.63) is 45.9 Å². The average molecular weight is 333 g/mol. The number of hydrogen-bond donors (Lipinski definition) is 2. The quantitative estimate of drug-likeness (QED) is 0.778. The molecule has 2 aromatic rings. The number of nitrogens with zero attached hydrogens (tertiary/aromatic N) is 1. The lowest BCUT2D eigenvalue weighted by molar-refractivity contribution is 0.0921. The van der Waals surface area contributed by atoms with E-state index in [4.69, 9.17) is 10.5 Å². The molecule has 0 saturated carbocycles. The van der Waals surface area contributed by atoms with E-state index >= 15 is 0 Å². The van der Waals surface area contributed by atoms with Crippen LogP contribution in [0, 0.1) is 6.92 Å². The van der Waals surface area contributed by atoms with E-state index in [0.717, 1.165) is 22.7 Å². The van der Waals surface area contributed by atoms with Gasteiger partial charge in [-0.15, -0.1) is 11.3 Å².